The third-order valence-corrected chi connectivity index (χ3v) is 18.5. The fourth-order valence-corrected chi connectivity index (χ4v) is 14.4. The highest BCUT2D eigenvalue weighted by atomic mass is 28.3. The van der Waals surface area contributed by atoms with E-state index < -0.39 is 8.07 Å². The van der Waals surface area contributed by atoms with Gasteiger partial charge in [0.2, 0.25) is 0 Å². The standard InChI is InChI=1S/C53H63NSi/c1-9-11-13-19-32-54(33-20-14-12-10-2)47-28-25-42(26-29-47)27-30-48-50-35-43-21-15-17-23-45(43)37-52(50)49(31-34-55(39(3)4,40(5)6)41(7)8)53-38-46-24-18-16-22-44(46)36-51(48)53/h15-18,21-26,28-29,35-41H,9-14,19-20,32-33H2,1-8H3. The molecule has 6 aromatic rings. The summed E-state index contributed by atoms with van der Waals surface area (Å²) in [7, 11) is -1.99. The van der Waals surface area contributed by atoms with Crippen molar-refractivity contribution in [1.82, 2.24) is 0 Å². The summed E-state index contributed by atoms with van der Waals surface area (Å²) < 4.78 is 0. The van der Waals surface area contributed by atoms with E-state index in [0.29, 0.717) is 16.6 Å². The number of hydrogen-bond acceptors (Lipinski definition) is 1. The lowest BCUT2D eigenvalue weighted by atomic mass is 9.89. The maximum absolute atomic E-state index is 4.11. The van der Waals surface area contributed by atoms with E-state index in [4.69, 9.17) is 0 Å². The first kappa shape index (κ1) is 40.2. The second-order valence-corrected chi connectivity index (χ2v) is 22.4. The Morgan fingerprint density at radius 2 is 0.873 bits per heavy atom. The summed E-state index contributed by atoms with van der Waals surface area (Å²) >= 11 is 0. The molecule has 6 rings (SSSR count). The van der Waals surface area contributed by atoms with Crippen LogP contribution in [0.25, 0.3) is 43.1 Å². The first-order valence-corrected chi connectivity index (χ1v) is 23.6. The Balaban J connectivity index is 1.53. The number of hydrogen-bond donors (Lipinski definition) is 0. The molecule has 0 bridgehead atoms. The minimum absolute atomic E-state index is 0.560. The molecule has 1 nitrogen and oxygen atoms in total. The van der Waals surface area contributed by atoms with Crippen LogP contribution in [-0.4, -0.2) is 21.2 Å². The van der Waals surface area contributed by atoms with Crippen LogP contribution >= 0.6 is 0 Å². The van der Waals surface area contributed by atoms with Crippen LogP contribution in [0.3, 0.4) is 0 Å². The predicted molar refractivity (Wildman–Crippen MR) is 247 cm³/mol. The van der Waals surface area contributed by atoms with Crippen molar-refractivity contribution in [2.24, 2.45) is 0 Å². The van der Waals surface area contributed by atoms with Crippen LogP contribution in [0.2, 0.25) is 16.6 Å². The van der Waals surface area contributed by atoms with Gasteiger partial charge in [0.1, 0.15) is 8.07 Å². The van der Waals surface area contributed by atoms with Crippen molar-refractivity contribution in [2.45, 2.75) is 123 Å². The molecule has 0 heterocycles. The monoisotopic (exact) mass is 741 g/mol. The van der Waals surface area contributed by atoms with Gasteiger partial charge in [-0.1, -0.05) is 160 Å². The molecule has 0 saturated carbocycles. The van der Waals surface area contributed by atoms with Gasteiger partial charge >= 0.3 is 0 Å². The smallest absolute Gasteiger partial charge is 0.146 e. The molecule has 55 heavy (non-hydrogen) atoms. The average molecular weight is 742 g/mol. The van der Waals surface area contributed by atoms with E-state index in [1.807, 2.05) is 0 Å². The van der Waals surface area contributed by atoms with E-state index in [9.17, 15) is 0 Å². The van der Waals surface area contributed by atoms with Gasteiger partial charge in [-0.25, -0.2) is 0 Å². The highest BCUT2D eigenvalue weighted by Gasteiger charge is 2.41. The first-order valence-electron chi connectivity index (χ1n) is 21.4. The molecule has 0 fully saturated rings. The normalized spacial score (nSPS) is 11.8. The van der Waals surface area contributed by atoms with Crippen molar-refractivity contribution >= 4 is 56.9 Å². The molecule has 0 unspecified atom stereocenters. The zero-order valence-corrected chi connectivity index (χ0v) is 36.0. The number of fused-ring (bicyclic) bond motifs is 4. The van der Waals surface area contributed by atoms with Crippen molar-refractivity contribution in [1.29, 1.82) is 0 Å². The van der Waals surface area contributed by atoms with Crippen molar-refractivity contribution in [3.63, 3.8) is 0 Å². The quantitative estimate of drug-likeness (QED) is 0.0465. The molecule has 0 aliphatic rings. The van der Waals surface area contributed by atoms with Gasteiger partial charge in [0.05, 0.1) is 0 Å². The van der Waals surface area contributed by atoms with Crippen LogP contribution in [0.5, 0.6) is 0 Å². The van der Waals surface area contributed by atoms with Gasteiger partial charge in [0.15, 0.2) is 0 Å². The molecule has 0 radical (unpaired) electrons. The number of rotatable bonds is 14. The predicted octanol–water partition coefficient (Wildman–Crippen LogP) is 15.2. The summed E-state index contributed by atoms with van der Waals surface area (Å²) in [4.78, 5) is 2.61. The maximum Gasteiger partial charge on any atom is 0.146 e. The van der Waals surface area contributed by atoms with E-state index in [1.165, 1.54) is 100 Å². The zero-order chi connectivity index (χ0) is 39.0. The molecule has 0 N–H and O–H groups in total. The van der Waals surface area contributed by atoms with Gasteiger partial charge in [-0.05, 0) is 121 Å². The Kier molecular flexibility index (Phi) is 13.5. The number of unbranched alkanes of at least 4 members (excludes halogenated alkanes) is 6. The van der Waals surface area contributed by atoms with E-state index >= 15 is 0 Å². The van der Waals surface area contributed by atoms with E-state index in [1.54, 1.807) is 0 Å². The maximum atomic E-state index is 4.11. The molecule has 0 aliphatic heterocycles. The largest absolute Gasteiger partial charge is 0.372 e. The molecule has 2 heteroatoms. The molecule has 0 spiro atoms. The second-order valence-electron chi connectivity index (χ2n) is 16.8. The van der Waals surface area contributed by atoms with Gasteiger partial charge in [-0.15, -0.1) is 5.54 Å². The fraction of sp³-hybridized carbons (Fsp3) is 0.396. The third-order valence-electron chi connectivity index (χ3n) is 12.2. The number of anilines is 1. The highest BCUT2D eigenvalue weighted by Crippen LogP contribution is 2.42. The summed E-state index contributed by atoms with van der Waals surface area (Å²) in [6, 6.07) is 36.0. The summed E-state index contributed by atoms with van der Waals surface area (Å²) in [6.45, 7) is 21.3. The van der Waals surface area contributed by atoms with Crippen LogP contribution in [0.1, 0.15) is 123 Å². The van der Waals surface area contributed by atoms with E-state index in [-0.39, 0.29) is 0 Å². The van der Waals surface area contributed by atoms with Crippen LogP contribution in [0.4, 0.5) is 5.69 Å². The molecular weight excluding hydrogens is 679 g/mol. The topological polar surface area (TPSA) is 3.24 Å². The molecule has 0 atom stereocenters. The average Bonchev–Trinajstić information content (AvgIpc) is 3.18. The zero-order valence-electron chi connectivity index (χ0n) is 35.0. The minimum Gasteiger partial charge on any atom is -0.372 e. The first-order chi connectivity index (χ1) is 26.7. The summed E-state index contributed by atoms with van der Waals surface area (Å²) in [5, 5.41) is 9.72. The van der Waals surface area contributed by atoms with Crippen molar-refractivity contribution in [3.05, 3.63) is 114 Å². The van der Waals surface area contributed by atoms with Gasteiger partial charge in [-0.2, -0.15) is 0 Å². The van der Waals surface area contributed by atoms with Crippen LogP contribution in [0, 0.1) is 23.3 Å². The van der Waals surface area contributed by atoms with Crippen molar-refractivity contribution in [3.8, 4) is 23.3 Å². The molecular formula is C53H63NSi. The molecule has 0 amide bonds. The van der Waals surface area contributed by atoms with Crippen molar-refractivity contribution < 1.29 is 0 Å². The third kappa shape index (κ3) is 8.82. The summed E-state index contributed by atoms with van der Waals surface area (Å²) in [6.07, 6.45) is 10.3. The molecule has 0 aromatic heterocycles. The van der Waals surface area contributed by atoms with Crippen LogP contribution in [-0.2, 0) is 0 Å². The highest BCUT2D eigenvalue weighted by molar-refractivity contribution is 6.90. The molecule has 0 saturated heterocycles. The minimum atomic E-state index is -1.99. The van der Waals surface area contributed by atoms with Crippen LogP contribution in [0.15, 0.2) is 97.1 Å². The number of nitrogens with zero attached hydrogens (tertiary/aromatic N) is 1. The lowest BCUT2D eigenvalue weighted by Crippen LogP contribution is -2.43. The Morgan fingerprint density at radius 1 is 0.473 bits per heavy atom. The van der Waals surface area contributed by atoms with E-state index in [2.05, 4.69) is 181 Å². The van der Waals surface area contributed by atoms with Gasteiger partial charge in [0, 0.05) is 35.5 Å². The van der Waals surface area contributed by atoms with Crippen molar-refractivity contribution in [2.75, 3.05) is 18.0 Å². The second kappa shape index (κ2) is 18.4. The van der Waals surface area contributed by atoms with Gasteiger partial charge in [-0.3, -0.25) is 0 Å². The molecule has 284 valence electrons. The van der Waals surface area contributed by atoms with Crippen LogP contribution < -0.4 is 4.90 Å². The Bertz CT molecular complexity index is 2230. The Hall–Kier alpha value is -4.50. The lowest BCUT2D eigenvalue weighted by molar-refractivity contribution is 0.609. The lowest BCUT2D eigenvalue weighted by Gasteiger charge is -2.38. The number of benzene rings is 6. The summed E-state index contributed by atoms with van der Waals surface area (Å²) in [5.74, 6) is 11.4. The SMILES string of the molecule is CCCCCCN(CCCCCC)c1ccc(C#Cc2c3cc4ccccc4cc3c(C#C[Si](C(C)C)(C(C)C)C(C)C)c3cc4ccccc4cc23)cc1. The van der Waals surface area contributed by atoms with E-state index in [0.717, 1.165) is 29.8 Å². The molecule has 6 aromatic carbocycles. The molecule has 0 aliphatic carbocycles. The van der Waals surface area contributed by atoms with Gasteiger partial charge in [0.25, 0.3) is 0 Å². The summed E-state index contributed by atoms with van der Waals surface area (Å²) in [5.41, 5.74) is 10.4. The Morgan fingerprint density at radius 3 is 1.25 bits per heavy atom. The van der Waals surface area contributed by atoms with Gasteiger partial charge < -0.3 is 4.90 Å². The Labute approximate surface area is 333 Å². The fourth-order valence-electron chi connectivity index (χ4n) is 9.19.